The van der Waals surface area contributed by atoms with Crippen LogP contribution in [0.5, 0.6) is 5.88 Å². The minimum absolute atomic E-state index is 0.213. The second-order valence-electron chi connectivity index (χ2n) is 4.55. The number of aromatic nitrogens is 1. The van der Waals surface area contributed by atoms with Crippen LogP contribution in [0.2, 0.25) is 0 Å². The second kappa shape index (κ2) is 6.69. The number of nitrogens with zero attached hydrogens (tertiary/aromatic N) is 2. The lowest BCUT2D eigenvalue weighted by atomic mass is 10.1. The molecule has 1 unspecified atom stereocenters. The third-order valence-electron chi connectivity index (χ3n) is 3.16. The Morgan fingerprint density at radius 1 is 1.25 bits per heavy atom. The summed E-state index contributed by atoms with van der Waals surface area (Å²) in [6, 6.07) is 13.8. The van der Waals surface area contributed by atoms with E-state index >= 15 is 0 Å². The van der Waals surface area contributed by atoms with Crippen LogP contribution in [-0.4, -0.2) is 12.1 Å². The molecule has 0 bridgehead atoms. The summed E-state index contributed by atoms with van der Waals surface area (Å²) in [5, 5.41) is 12.2. The largest absolute Gasteiger partial charge is 0.481 e. The number of nitriles is 1. The van der Waals surface area contributed by atoms with Crippen LogP contribution in [-0.2, 0) is 6.54 Å². The summed E-state index contributed by atoms with van der Waals surface area (Å²) >= 11 is 0. The number of hydrogen-bond donors (Lipinski definition) is 1. The highest BCUT2D eigenvalue weighted by Crippen LogP contribution is 2.14. The molecule has 0 radical (unpaired) electrons. The Morgan fingerprint density at radius 2 is 2.00 bits per heavy atom. The van der Waals surface area contributed by atoms with Crippen molar-refractivity contribution in [2.24, 2.45) is 0 Å². The van der Waals surface area contributed by atoms with Crippen molar-refractivity contribution in [3.05, 3.63) is 59.3 Å². The van der Waals surface area contributed by atoms with Gasteiger partial charge in [0, 0.05) is 24.8 Å². The fourth-order valence-electron chi connectivity index (χ4n) is 1.87. The van der Waals surface area contributed by atoms with Crippen molar-refractivity contribution >= 4 is 0 Å². The van der Waals surface area contributed by atoms with E-state index in [0.29, 0.717) is 11.4 Å². The Bertz CT molecular complexity index is 585. The van der Waals surface area contributed by atoms with Crippen molar-refractivity contribution < 1.29 is 4.74 Å². The maximum Gasteiger partial charge on any atom is 0.212 e. The number of benzene rings is 1. The molecular formula is C16H17N3O. The fraction of sp³-hybridized carbons (Fsp3) is 0.250. The van der Waals surface area contributed by atoms with Gasteiger partial charge in [-0.25, -0.2) is 4.98 Å². The van der Waals surface area contributed by atoms with E-state index in [2.05, 4.69) is 23.3 Å². The van der Waals surface area contributed by atoms with Crippen molar-refractivity contribution in [1.82, 2.24) is 10.3 Å². The van der Waals surface area contributed by atoms with Crippen LogP contribution in [0.25, 0.3) is 0 Å². The Labute approximate surface area is 119 Å². The summed E-state index contributed by atoms with van der Waals surface area (Å²) in [4.78, 5) is 4.17. The maximum atomic E-state index is 8.78. The minimum atomic E-state index is 0.213. The molecule has 1 aromatic carbocycles. The summed E-state index contributed by atoms with van der Waals surface area (Å²) in [5.41, 5.74) is 2.94. The lowest BCUT2D eigenvalue weighted by molar-refractivity contribution is 0.397. The molecule has 0 fully saturated rings. The standard InChI is InChI=1S/C16H17N3O/c1-12(15-6-3-13(9-17)4-7-15)18-10-14-5-8-16(20-2)19-11-14/h3-8,11-12,18H,10H2,1-2H3. The highest BCUT2D eigenvalue weighted by molar-refractivity contribution is 5.32. The number of hydrogen-bond acceptors (Lipinski definition) is 4. The van der Waals surface area contributed by atoms with Gasteiger partial charge in [-0.3, -0.25) is 0 Å². The normalized spacial score (nSPS) is 11.7. The molecule has 20 heavy (non-hydrogen) atoms. The molecule has 0 amide bonds. The number of pyridine rings is 1. The van der Waals surface area contributed by atoms with Crippen molar-refractivity contribution in [3.63, 3.8) is 0 Å². The van der Waals surface area contributed by atoms with E-state index in [1.807, 2.05) is 36.4 Å². The quantitative estimate of drug-likeness (QED) is 0.905. The van der Waals surface area contributed by atoms with Gasteiger partial charge in [0.15, 0.2) is 0 Å². The lowest BCUT2D eigenvalue weighted by Crippen LogP contribution is -2.18. The smallest absolute Gasteiger partial charge is 0.212 e. The van der Waals surface area contributed by atoms with E-state index in [-0.39, 0.29) is 6.04 Å². The van der Waals surface area contributed by atoms with Gasteiger partial charge in [-0.15, -0.1) is 0 Å². The number of ether oxygens (including phenoxy) is 1. The van der Waals surface area contributed by atoms with Crippen LogP contribution in [0.1, 0.15) is 29.7 Å². The summed E-state index contributed by atoms with van der Waals surface area (Å²) < 4.78 is 5.03. The average molecular weight is 267 g/mol. The van der Waals surface area contributed by atoms with Gasteiger partial charge in [0.1, 0.15) is 0 Å². The summed E-state index contributed by atoms with van der Waals surface area (Å²) in [6.45, 7) is 2.83. The van der Waals surface area contributed by atoms with Crippen LogP contribution in [0.3, 0.4) is 0 Å². The van der Waals surface area contributed by atoms with Crippen LogP contribution < -0.4 is 10.1 Å². The van der Waals surface area contributed by atoms with Gasteiger partial charge < -0.3 is 10.1 Å². The molecule has 2 rings (SSSR count). The molecule has 0 saturated carbocycles. The van der Waals surface area contributed by atoms with Crippen molar-refractivity contribution in [1.29, 1.82) is 5.26 Å². The van der Waals surface area contributed by atoms with Gasteiger partial charge in [0.05, 0.1) is 18.7 Å². The molecule has 4 nitrogen and oxygen atoms in total. The van der Waals surface area contributed by atoms with Crippen LogP contribution in [0.15, 0.2) is 42.6 Å². The molecule has 0 aliphatic rings. The Balaban J connectivity index is 1.93. The zero-order valence-corrected chi connectivity index (χ0v) is 11.6. The average Bonchev–Trinajstić information content (AvgIpc) is 2.53. The zero-order chi connectivity index (χ0) is 14.4. The number of nitrogens with one attached hydrogen (secondary N) is 1. The van der Waals surface area contributed by atoms with Crippen molar-refractivity contribution in [3.8, 4) is 11.9 Å². The van der Waals surface area contributed by atoms with Crippen LogP contribution in [0.4, 0.5) is 0 Å². The first-order valence-corrected chi connectivity index (χ1v) is 6.45. The molecule has 1 atom stereocenters. The Hall–Kier alpha value is -2.38. The second-order valence-corrected chi connectivity index (χ2v) is 4.55. The monoisotopic (exact) mass is 267 g/mol. The molecular weight excluding hydrogens is 250 g/mol. The third-order valence-corrected chi connectivity index (χ3v) is 3.16. The van der Waals surface area contributed by atoms with Crippen LogP contribution in [0, 0.1) is 11.3 Å². The SMILES string of the molecule is COc1ccc(CNC(C)c2ccc(C#N)cc2)cn1. The molecule has 1 heterocycles. The number of rotatable bonds is 5. The molecule has 1 N–H and O–H groups in total. The molecule has 1 aromatic heterocycles. The lowest BCUT2D eigenvalue weighted by Gasteiger charge is -2.14. The molecule has 0 saturated heterocycles. The van der Waals surface area contributed by atoms with Gasteiger partial charge in [-0.1, -0.05) is 18.2 Å². The molecule has 0 aliphatic heterocycles. The van der Waals surface area contributed by atoms with Crippen LogP contribution >= 0.6 is 0 Å². The molecule has 2 aromatic rings. The predicted molar refractivity (Wildman–Crippen MR) is 77.2 cm³/mol. The third kappa shape index (κ3) is 3.56. The zero-order valence-electron chi connectivity index (χ0n) is 11.6. The van der Waals surface area contributed by atoms with Gasteiger partial charge in [-0.05, 0) is 30.2 Å². The van der Waals surface area contributed by atoms with Crippen molar-refractivity contribution in [2.75, 3.05) is 7.11 Å². The molecule has 4 heteroatoms. The van der Waals surface area contributed by atoms with E-state index in [1.54, 1.807) is 13.3 Å². The summed E-state index contributed by atoms with van der Waals surface area (Å²) in [5.74, 6) is 0.619. The van der Waals surface area contributed by atoms with E-state index < -0.39 is 0 Å². The molecule has 102 valence electrons. The summed E-state index contributed by atoms with van der Waals surface area (Å²) in [7, 11) is 1.60. The number of methoxy groups -OCH3 is 1. The van der Waals surface area contributed by atoms with Gasteiger partial charge in [-0.2, -0.15) is 5.26 Å². The van der Waals surface area contributed by atoms with Gasteiger partial charge >= 0.3 is 0 Å². The first-order valence-electron chi connectivity index (χ1n) is 6.45. The topological polar surface area (TPSA) is 57.9 Å². The van der Waals surface area contributed by atoms with E-state index in [1.165, 1.54) is 0 Å². The highest BCUT2D eigenvalue weighted by Gasteiger charge is 2.05. The Kier molecular flexibility index (Phi) is 4.70. The fourth-order valence-corrected chi connectivity index (χ4v) is 1.87. The van der Waals surface area contributed by atoms with E-state index in [0.717, 1.165) is 17.7 Å². The molecule has 0 spiro atoms. The molecule has 0 aliphatic carbocycles. The van der Waals surface area contributed by atoms with E-state index in [4.69, 9.17) is 10.00 Å². The first-order chi connectivity index (χ1) is 9.72. The van der Waals surface area contributed by atoms with Gasteiger partial charge in [0.25, 0.3) is 0 Å². The highest BCUT2D eigenvalue weighted by atomic mass is 16.5. The maximum absolute atomic E-state index is 8.78. The van der Waals surface area contributed by atoms with Gasteiger partial charge in [0.2, 0.25) is 5.88 Å². The minimum Gasteiger partial charge on any atom is -0.481 e. The van der Waals surface area contributed by atoms with E-state index in [9.17, 15) is 0 Å². The first kappa shape index (κ1) is 14.0. The predicted octanol–water partition coefficient (Wildman–Crippen LogP) is 2.81. The Morgan fingerprint density at radius 3 is 2.55 bits per heavy atom. The van der Waals surface area contributed by atoms with Crippen molar-refractivity contribution in [2.45, 2.75) is 19.5 Å². The summed E-state index contributed by atoms with van der Waals surface area (Å²) in [6.07, 6.45) is 1.80.